The third-order valence-electron chi connectivity index (χ3n) is 1.99. The van der Waals surface area contributed by atoms with Crippen molar-refractivity contribution in [1.29, 1.82) is 0 Å². The smallest absolute Gasteiger partial charge is 0.337 e. The Morgan fingerprint density at radius 2 is 2.00 bits per heavy atom. The Balaban J connectivity index is 3.07. The van der Waals surface area contributed by atoms with Crippen molar-refractivity contribution >= 4 is 23.7 Å². The number of carboxylic acid groups (broad SMARTS) is 2. The van der Waals surface area contributed by atoms with Gasteiger partial charge in [0.15, 0.2) is 0 Å². The maximum atomic E-state index is 13.3. The normalized spacial score (nSPS) is 10.6. The molecule has 0 unspecified atom stereocenters. The molecular weight excluding hydrogens is 229 g/mol. The highest BCUT2D eigenvalue weighted by atomic mass is 19.1. The lowest BCUT2D eigenvalue weighted by atomic mass is 10.1. The quantitative estimate of drug-likeness (QED) is 0.693. The van der Waals surface area contributed by atoms with Crippen molar-refractivity contribution in [1.82, 2.24) is 0 Å². The van der Waals surface area contributed by atoms with Gasteiger partial charge in [0.2, 0.25) is 0 Å². The molecule has 1 aromatic carbocycles. The first-order valence-electron chi connectivity index (χ1n) is 4.62. The van der Waals surface area contributed by atoms with E-state index in [9.17, 15) is 14.0 Å². The lowest BCUT2D eigenvalue weighted by Crippen LogP contribution is -2.04. The van der Waals surface area contributed by atoms with Crippen LogP contribution in [0.1, 0.15) is 22.3 Å². The predicted molar refractivity (Wildman–Crippen MR) is 59.1 cm³/mol. The molecule has 0 aromatic heterocycles. The van der Waals surface area contributed by atoms with E-state index in [1.165, 1.54) is 12.2 Å². The van der Waals surface area contributed by atoms with Crippen molar-refractivity contribution in [3.63, 3.8) is 0 Å². The predicted octanol–water partition coefficient (Wildman–Crippen LogP) is 1.59. The highest BCUT2D eigenvalue weighted by Gasteiger charge is 2.11. The maximum Gasteiger partial charge on any atom is 0.337 e. The summed E-state index contributed by atoms with van der Waals surface area (Å²) in [6.45, 7) is 0. The fourth-order valence-electron chi connectivity index (χ4n) is 1.21. The molecule has 0 atom stereocenters. The topological polar surface area (TPSA) is 101 Å². The summed E-state index contributed by atoms with van der Waals surface area (Å²) in [5.74, 6) is -3.03. The Labute approximate surface area is 96.0 Å². The summed E-state index contributed by atoms with van der Waals surface area (Å²) >= 11 is 0. The fraction of sp³-hybridized carbons (Fsp3) is 0.0909. The summed E-state index contributed by atoms with van der Waals surface area (Å²) in [6.07, 6.45) is 2.16. The van der Waals surface area contributed by atoms with E-state index in [4.69, 9.17) is 15.9 Å². The molecule has 0 heterocycles. The number of hydrogen-bond acceptors (Lipinski definition) is 3. The number of carboxylic acids is 2. The summed E-state index contributed by atoms with van der Waals surface area (Å²) in [5.41, 5.74) is 4.92. The second kappa shape index (κ2) is 5.11. The van der Waals surface area contributed by atoms with E-state index in [0.717, 1.165) is 12.1 Å². The van der Waals surface area contributed by atoms with Gasteiger partial charge in [0.25, 0.3) is 0 Å². The number of benzene rings is 1. The Bertz CT molecular complexity index is 496. The van der Waals surface area contributed by atoms with Crippen LogP contribution in [0.5, 0.6) is 0 Å². The van der Waals surface area contributed by atoms with E-state index in [0.29, 0.717) is 0 Å². The number of aliphatic carboxylic acids is 1. The molecular formula is C11H10FNO4. The molecule has 5 nitrogen and oxygen atoms in total. The molecule has 1 rings (SSSR count). The third kappa shape index (κ3) is 3.30. The molecule has 6 heteroatoms. The van der Waals surface area contributed by atoms with Gasteiger partial charge >= 0.3 is 11.9 Å². The van der Waals surface area contributed by atoms with E-state index in [2.05, 4.69) is 0 Å². The van der Waals surface area contributed by atoms with Gasteiger partial charge in [0.05, 0.1) is 12.0 Å². The van der Waals surface area contributed by atoms with Gasteiger partial charge in [0.1, 0.15) is 5.82 Å². The van der Waals surface area contributed by atoms with Crippen molar-refractivity contribution in [2.45, 2.75) is 6.42 Å². The second-order valence-corrected chi connectivity index (χ2v) is 3.27. The van der Waals surface area contributed by atoms with Crippen molar-refractivity contribution in [2.75, 3.05) is 5.73 Å². The van der Waals surface area contributed by atoms with Gasteiger partial charge in [-0.1, -0.05) is 12.2 Å². The Hall–Kier alpha value is -2.37. The first-order valence-corrected chi connectivity index (χ1v) is 4.62. The number of nitrogen functional groups attached to an aromatic ring is 1. The lowest BCUT2D eigenvalue weighted by Gasteiger charge is -2.03. The van der Waals surface area contributed by atoms with Crippen LogP contribution in [0.2, 0.25) is 0 Å². The molecule has 0 spiro atoms. The molecule has 17 heavy (non-hydrogen) atoms. The largest absolute Gasteiger partial charge is 0.481 e. The fourth-order valence-corrected chi connectivity index (χ4v) is 1.21. The van der Waals surface area contributed by atoms with Gasteiger partial charge in [-0.3, -0.25) is 4.79 Å². The molecule has 1 aromatic rings. The van der Waals surface area contributed by atoms with E-state index in [1.807, 2.05) is 0 Å². The number of halogens is 1. The standard InChI is InChI=1S/C11H10FNO4/c12-8-5-9(13)7(11(16)17)4-6(8)2-1-3-10(14)15/h1-2,4-5H,3,13H2,(H,14,15)(H,16,17). The van der Waals surface area contributed by atoms with Gasteiger partial charge in [0, 0.05) is 11.3 Å². The van der Waals surface area contributed by atoms with Crippen LogP contribution in [-0.2, 0) is 4.79 Å². The maximum absolute atomic E-state index is 13.3. The monoisotopic (exact) mass is 239 g/mol. The Morgan fingerprint density at radius 1 is 1.35 bits per heavy atom. The molecule has 0 aliphatic carbocycles. The molecule has 4 N–H and O–H groups in total. The zero-order valence-corrected chi connectivity index (χ0v) is 8.68. The highest BCUT2D eigenvalue weighted by molar-refractivity contribution is 5.94. The van der Waals surface area contributed by atoms with Crippen LogP contribution in [0, 0.1) is 5.82 Å². The van der Waals surface area contributed by atoms with Gasteiger partial charge in [-0.05, 0) is 12.1 Å². The average Bonchev–Trinajstić information content (AvgIpc) is 2.20. The summed E-state index contributed by atoms with van der Waals surface area (Å²) in [4.78, 5) is 21.0. The van der Waals surface area contributed by atoms with Crippen molar-refractivity contribution in [3.05, 3.63) is 35.2 Å². The minimum atomic E-state index is -1.27. The third-order valence-corrected chi connectivity index (χ3v) is 1.99. The number of carbonyl (C=O) groups is 2. The molecule has 0 bridgehead atoms. The van der Waals surface area contributed by atoms with Gasteiger partial charge in [-0.2, -0.15) is 0 Å². The van der Waals surface area contributed by atoms with Gasteiger partial charge in [-0.15, -0.1) is 0 Å². The minimum Gasteiger partial charge on any atom is -0.481 e. The zero-order valence-electron chi connectivity index (χ0n) is 8.68. The van der Waals surface area contributed by atoms with Crippen molar-refractivity contribution in [2.24, 2.45) is 0 Å². The lowest BCUT2D eigenvalue weighted by molar-refractivity contribution is -0.135. The summed E-state index contributed by atoms with van der Waals surface area (Å²) in [5, 5.41) is 17.2. The number of rotatable bonds is 4. The van der Waals surface area contributed by atoms with Crippen LogP contribution in [0.25, 0.3) is 6.08 Å². The summed E-state index contributed by atoms with van der Waals surface area (Å²) in [7, 11) is 0. The number of aromatic carboxylic acids is 1. The molecule has 0 saturated carbocycles. The Kier molecular flexibility index (Phi) is 3.82. The van der Waals surface area contributed by atoms with Crippen LogP contribution < -0.4 is 5.73 Å². The molecule has 0 amide bonds. The summed E-state index contributed by atoms with van der Waals surface area (Å²) in [6, 6.07) is 1.95. The van der Waals surface area contributed by atoms with Crippen LogP contribution in [-0.4, -0.2) is 22.2 Å². The Morgan fingerprint density at radius 3 is 2.53 bits per heavy atom. The van der Waals surface area contributed by atoms with E-state index in [-0.39, 0.29) is 23.2 Å². The van der Waals surface area contributed by atoms with Gasteiger partial charge in [-0.25, -0.2) is 9.18 Å². The van der Waals surface area contributed by atoms with E-state index >= 15 is 0 Å². The molecule has 0 saturated heterocycles. The van der Waals surface area contributed by atoms with Crippen LogP contribution in [0.3, 0.4) is 0 Å². The van der Waals surface area contributed by atoms with Crippen molar-refractivity contribution < 1.29 is 24.2 Å². The van der Waals surface area contributed by atoms with E-state index in [1.54, 1.807) is 0 Å². The summed E-state index contributed by atoms with van der Waals surface area (Å²) < 4.78 is 13.3. The minimum absolute atomic E-state index is 0.0159. The first-order chi connectivity index (χ1) is 7.91. The van der Waals surface area contributed by atoms with Crippen LogP contribution in [0.4, 0.5) is 10.1 Å². The average molecular weight is 239 g/mol. The number of anilines is 1. The second-order valence-electron chi connectivity index (χ2n) is 3.27. The molecule has 0 radical (unpaired) electrons. The molecule has 0 aliphatic heterocycles. The van der Waals surface area contributed by atoms with Crippen molar-refractivity contribution in [3.8, 4) is 0 Å². The zero-order chi connectivity index (χ0) is 13.0. The molecule has 0 fully saturated rings. The number of hydrogen-bond donors (Lipinski definition) is 3. The highest BCUT2D eigenvalue weighted by Crippen LogP contribution is 2.19. The first kappa shape index (κ1) is 12.7. The molecule has 0 aliphatic rings. The van der Waals surface area contributed by atoms with Crippen LogP contribution >= 0.6 is 0 Å². The SMILES string of the molecule is Nc1cc(F)c(C=CCC(=O)O)cc1C(=O)O. The van der Waals surface area contributed by atoms with E-state index < -0.39 is 17.8 Å². The van der Waals surface area contributed by atoms with Gasteiger partial charge < -0.3 is 15.9 Å². The van der Waals surface area contributed by atoms with Crippen LogP contribution in [0.15, 0.2) is 18.2 Å². The molecule has 90 valence electrons. The number of nitrogens with two attached hydrogens (primary N) is 1.